The number of unbranched alkanes of at least 4 members (excludes halogenated alkanes) is 4. The Morgan fingerprint density at radius 1 is 1.00 bits per heavy atom. The molecule has 1 aliphatic rings. The molecule has 0 aliphatic heterocycles. The Balaban J connectivity index is 2.91. The molecular formula is C23H41Cl2NO4. The molecule has 0 unspecified atom stereocenters. The van der Waals surface area contributed by atoms with E-state index in [0.29, 0.717) is 37.7 Å². The summed E-state index contributed by atoms with van der Waals surface area (Å²) in [4.78, 5) is 27.7. The lowest BCUT2D eigenvalue weighted by molar-refractivity contribution is -0.177. The fourth-order valence-corrected chi connectivity index (χ4v) is 4.50. The maximum atomic E-state index is 12.9. The molecule has 0 bridgehead atoms. The zero-order chi connectivity index (χ0) is 22.6. The SMILES string of the molecule is CCCCCCCC(=O)O[C@@H]1[C@@H](C(=O)OC(C)(C)C)CCC[C@H]1N(CCCl)CCCl. The molecule has 0 N–H and O–H groups in total. The number of carbonyl (C=O) groups is 2. The van der Waals surface area contributed by atoms with E-state index in [1.165, 1.54) is 12.8 Å². The summed E-state index contributed by atoms with van der Waals surface area (Å²) in [5.41, 5.74) is -0.580. The van der Waals surface area contributed by atoms with Crippen LogP contribution >= 0.6 is 23.2 Å². The van der Waals surface area contributed by atoms with E-state index < -0.39 is 17.6 Å². The van der Waals surface area contributed by atoms with Gasteiger partial charge in [0.25, 0.3) is 0 Å². The van der Waals surface area contributed by atoms with Gasteiger partial charge >= 0.3 is 11.9 Å². The van der Waals surface area contributed by atoms with Crippen molar-refractivity contribution >= 4 is 35.1 Å². The lowest BCUT2D eigenvalue weighted by Crippen LogP contribution is -2.54. The molecule has 176 valence electrons. The highest BCUT2D eigenvalue weighted by Crippen LogP contribution is 2.33. The maximum absolute atomic E-state index is 12.9. The van der Waals surface area contributed by atoms with Gasteiger partial charge in [-0.2, -0.15) is 0 Å². The highest BCUT2D eigenvalue weighted by Gasteiger charge is 2.44. The molecule has 0 heterocycles. The molecule has 3 atom stereocenters. The summed E-state index contributed by atoms with van der Waals surface area (Å²) in [5, 5.41) is 0. The number of alkyl halides is 2. The van der Waals surface area contributed by atoms with Gasteiger partial charge in [-0.15, -0.1) is 23.2 Å². The molecule has 1 saturated carbocycles. The summed E-state index contributed by atoms with van der Waals surface area (Å²) in [6.45, 7) is 9.03. The van der Waals surface area contributed by atoms with Gasteiger partial charge in [-0.25, -0.2) is 0 Å². The quantitative estimate of drug-likeness (QED) is 0.202. The van der Waals surface area contributed by atoms with Crippen LogP contribution in [0.4, 0.5) is 0 Å². The van der Waals surface area contributed by atoms with Crippen LogP contribution < -0.4 is 0 Å². The van der Waals surface area contributed by atoms with Gasteiger partial charge in [-0.3, -0.25) is 14.5 Å². The predicted molar refractivity (Wildman–Crippen MR) is 123 cm³/mol. The first kappa shape index (κ1) is 27.5. The molecule has 1 rings (SSSR count). The van der Waals surface area contributed by atoms with Crippen molar-refractivity contribution in [2.45, 2.75) is 103 Å². The number of esters is 2. The Labute approximate surface area is 193 Å². The molecule has 0 radical (unpaired) electrons. The average Bonchev–Trinajstić information content (AvgIpc) is 2.66. The molecule has 0 aromatic rings. The van der Waals surface area contributed by atoms with Crippen molar-refractivity contribution in [3.8, 4) is 0 Å². The second-order valence-electron chi connectivity index (χ2n) is 9.17. The van der Waals surface area contributed by atoms with Gasteiger partial charge in [0.15, 0.2) is 0 Å². The largest absolute Gasteiger partial charge is 0.460 e. The van der Waals surface area contributed by atoms with Crippen LogP contribution in [0.1, 0.15) is 85.5 Å². The molecule has 5 nitrogen and oxygen atoms in total. The van der Waals surface area contributed by atoms with Crippen molar-refractivity contribution in [1.82, 2.24) is 4.90 Å². The summed E-state index contributed by atoms with van der Waals surface area (Å²) in [6, 6.07) is -0.0715. The number of hydrogen-bond acceptors (Lipinski definition) is 5. The molecule has 0 aromatic heterocycles. The normalized spacial score (nSPS) is 22.2. The molecule has 0 saturated heterocycles. The minimum Gasteiger partial charge on any atom is -0.460 e. The Bertz CT molecular complexity index is 504. The van der Waals surface area contributed by atoms with E-state index in [-0.39, 0.29) is 18.0 Å². The molecule has 1 fully saturated rings. The molecule has 30 heavy (non-hydrogen) atoms. The Morgan fingerprint density at radius 2 is 1.63 bits per heavy atom. The molecule has 0 aromatic carbocycles. The third kappa shape index (κ3) is 10.2. The molecule has 1 aliphatic carbocycles. The topological polar surface area (TPSA) is 55.8 Å². The summed E-state index contributed by atoms with van der Waals surface area (Å²) in [6.07, 6.45) is 7.59. The van der Waals surface area contributed by atoms with Crippen LogP contribution in [0.25, 0.3) is 0 Å². The maximum Gasteiger partial charge on any atom is 0.313 e. The van der Waals surface area contributed by atoms with Gasteiger partial charge in [-0.1, -0.05) is 39.0 Å². The van der Waals surface area contributed by atoms with E-state index in [9.17, 15) is 9.59 Å². The van der Waals surface area contributed by atoms with E-state index in [2.05, 4.69) is 11.8 Å². The first-order chi connectivity index (χ1) is 14.2. The van der Waals surface area contributed by atoms with Gasteiger partial charge < -0.3 is 9.47 Å². The van der Waals surface area contributed by atoms with E-state index in [0.717, 1.165) is 32.1 Å². The first-order valence-corrected chi connectivity index (χ1v) is 12.6. The monoisotopic (exact) mass is 465 g/mol. The highest BCUT2D eigenvalue weighted by atomic mass is 35.5. The third-order valence-electron chi connectivity index (χ3n) is 5.46. The van der Waals surface area contributed by atoms with Crippen molar-refractivity contribution < 1.29 is 19.1 Å². The number of hydrogen-bond donors (Lipinski definition) is 0. The van der Waals surface area contributed by atoms with Crippen LogP contribution in [0, 0.1) is 5.92 Å². The van der Waals surface area contributed by atoms with Crippen LogP contribution in [-0.4, -0.2) is 59.4 Å². The number of ether oxygens (including phenoxy) is 2. The summed E-state index contributed by atoms with van der Waals surface area (Å²) < 4.78 is 11.6. The van der Waals surface area contributed by atoms with Crippen LogP contribution in [0.3, 0.4) is 0 Å². The van der Waals surface area contributed by atoms with E-state index in [4.69, 9.17) is 32.7 Å². The van der Waals surface area contributed by atoms with Crippen molar-refractivity contribution in [2.75, 3.05) is 24.8 Å². The van der Waals surface area contributed by atoms with Gasteiger partial charge in [0.1, 0.15) is 11.7 Å². The van der Waals surface area contributed by atoms with Crippen LogP contribution in [0.15, 0.2) is 0 Å². The standard InChI is InChI=1S/C23H41Cl2NO4/c1-5-6-7-8-9-13-20(27)29-21-18(22(28)30-23(2,3)4)11-10-12-19(21)26(16-14-24)17-15-25/h18-19,21H,5-17H2,1-4H3/t18-,19+,21+/m0/s1. The van der Waals surface area contributed by atoms with E-state index >= 15 is 0 Å². The van der Waals surface area contributed by atoms with E-state index in [1.54, 1.807) is 0 Å². The van der Waals surface area contributed by atoms with Crippen LogP contribution in [0.2, 0.25) is 0 Å². The molecular weight excluding hydrogens is 425 g/mol. The number of nitrogens with zero attached hydrogens (tertiary/aromatic N) is 1. The lowest BCUT2D eigenvalue weighted by Gasteiger charge is -2.42. The van der Waals surface area contributed by atoms with Crippen LogP contribution in [-0.2, 0) is 19.1 Å². The third-order valence-corrected chi connectivity index (χ3v) is 5.80. The van der Waals surface area contributed by atoms with Gasteiger partial charge in [-0.05, 0) is 40.0 Å². The first-order valence-electron chi connectivity index (χ1n) is 11.5. The second-order valence-corrected chi connectivity index (χ2v) is 9.93. The highest BCUT2D eigenvalue weighted by molar-refractivity contribution is 6.18. The van der Waals surface area contributed by atoms with E-state index in [1.807, 2.05) is 20.8 Å². The van der Waals surface area contributed by atoms with Gasteiger partial charge in [0.05, 0.1) is 5.92 Å². The van der Waals surface area contributed by atoms with Gasteiger partial charge in [0, 0.05) is 37.3 Å². The zero-order valence-electron chi connectivity index (χ0n) is 19.3. The smallest absolute Gasteiger partial charge is 0.313 e. The Hall–Kier alpha value is -0.520. The number of rotatable bonds is 13. The predicted octanol–water partition coefficient (Wildman–Crippen LogP) is 5.55. The molecule has 7 heteroatoms. The van der Waals surface area contributed by atoms with Crippen molar-refractivity contribution in [3.63, 3.8) is 0 Å². The Kier molecular flexibility index (Phi) is 13.3. The average molecular weight is 466 g/mol. The minimum absolute atomic E-state index is 0.0715. The summed E-state index contributed by atoms with van der Waals surface area (Å²) in [7, 11) is 0. The second kappa shape index (κ2) is 14.5. The fraction of sp³-hybridized carbons (Fsp3) is 0.913. The van der Waals surface area contributed by atoms with Crippen LogP contribution in [0.5, 0.6) is 0 Å². The summed E-state index contributed by atoms with van der Waals surface area (Å²) >= 11 is 12.0. The number of carbonyl (C=O) groups excluding carboxylic acids is 2. The summed E-state index contributed by atoms with van der Waals surface area (Å²) in [5.74, 6) is -0.0518. The lowest BCUT2D eigenvalue weighted by atomic mass is 9.81. The fourth-order valence-electron chi connectivity index (χ4n) is 4.07. The Morgan fingerprint density at radius 3 is 2.20 bits per heavy atom. The minimum atomic E-state index is -0.580. The van der Waals surface area contributed by atoms with Gasteiger partial charge in [0.2, 0.25) is 0 Å². The molecule has 0 amide bonds. The number of halogens is 2. The van der Waals surface area contributed by atoms with Crippen molar-refractivity contribution in [1.29, 1.82) is 0 Å². The zero-order valence-corrected chi connectivity index (χ0v) is 20.8. The molecule has 0 spiro atoms. The van der Waals surface area contributed by atoms with Crippen molar-refractivity contribution in [2.24, 2.45) is 5.92 Å². The van der Waals surface area contributed by atoms with Crippen molar-refractivity contribution in [3.05, 3.63) is 0 Å².